The molecule has 0 spiro atoms. The topological polar surface area (TPSA) is 33.2 Å². The van der Waals surface area contributed by atoms with Crippen molar-refractivity contribution in [2.45, 2.75) is 5.03 Å². The van der Waals surface area contributed by atoms with Gasteiger partial charge in [-0.15, -0.1) is 0 Å². The predicted octanol–water partition coefficient (Wildman–Crippen LogP) is 2.62. The molecule has 1 aromatic rings. The van der Waals surface area contributed by atoms with Gasteiger partial charge in [-0.05, 0) is 39.8 Å². The lowest BCUT2D eigenvalue weighted by Gasteiger charge is -2.08. The molecule has 0 atom stereocenters. The van der Waals surface area contributed by atoms with Gasteiger partial charge in [0, 0.05) is 20.3 Å². The lowest BCUT2D eigenvalue weighted by molar-refractivity contribution is 0.241. The molecule has 0 saturated heterocycles. The summed E-state index contributed by atoms with van der Waals surface area (Å²) in [4.78, 5) is 16.9. The van der Waals surface area contributed by atoms with Gasteiger partial charge in [0.25, 0.3) is 5.24 Å². The number of thioether (sulfide) groups is 1. The van der Waals surface area contributed by atoms with Crippen molar-refractivity contribution < 1.29 is 4.79 Å². The number of halogens is 1. The van der Waals surface area contributed by atoms with E-state index in [-0.39, 0.29) is 5.24 Å². The zero-order valence-corrected chi connectivity index (χ0v) is 9.72. The third-order valence-electron chi connectivity index (χ3n) is 1.27. The molecule has 0 N–H and O–H groups in total. The molecule has 5 heteroatoms. The van der Waals surface area contributed by atoms with Gasteiger partial charge in [0.1, 0.15) is 5.03 Å². The van der Waals surface area contributed by atoms with Gasteiger partial charge in [-0.2, -0.15) is 0 Å². The number of hydrogen-bond acceptors (Lipinski definition) is 3. The van der Waals surface area contributed by atoms with Crippen molar-refractivity contribution in [2.75, 3.05) is 14.1 Å². The molecule has 1 amide bonds. The Morgan fingerprint density at radius 2 is 2.31 bits per heavy atom. The van der Waals surface area contributed by atoms with Crippen LogP contribution in [0.15, 0.2) is 27.8 Å². The fourth-order valence-corrected chi connectivity index (χ4v) is 1.75. The molecule has 1 heterocycles. The highest BCUT2D eigenvalue weighted by molar-refractivity contribution is 9.10. The number of rotatable bonds is 1. The minimum atomic E-state index is -0.0283. The summed E-state index contributed by atoms with van der Waals surface area (Å²) in [5.74, 6) is 0. The highest BCUT2D eigenvalue weighted by atomic mass is 79.9. The van der Waals surface area contributed by atoms with Crippen molar-refractivity contribution in [1.82, 2.24) is 9.88 Å². The molecule has 0 fully saturated rings. The van der Waals surface area contributed by atoms with Crippen LogP contribution in [0, 0.1) is 0 Å². The Balaban J connectivity index is 2.75. The molecule has 0 aliphatic rings. The van der Waals surface area contributed by atoms with E-state index < -0.39 is 0 Å². The third kappa shape index (κ3) is 3.00. The van der Waals surface area contributed by atoms with Crippen LogP contribution < -0.4 is 0 Å². The molecule has 0 bridgehead atoms. The maximum atomic E-state index is 11.3. The van der Waals surface area contributed by atoms with Crippen LogP contribution in [0.25, 0.3) is 0 Å². The number of carbonyl (C=O) groups is 1. The molecule has 3 nitrogen and oxygen atoms in total. The molecule has 0 aromatic carbocycles. The summed E-state index contributed by atoms with van der Waals surface area (Å²) in [5.41, 5.74) is 0. The van der Waals surface area contributed by atoms with Gasteiger partial charge in [0.2, 0.25) is 0 Å². The van der Waals surface area contributed by atoms with Crippen LogP contribution in [0.3, 0.4) is 0 Å². The zero-order chi connectivity index (χ0) is 9.84. The van der Waals surface area contributed by atoms with Gasteiger partial charge in [0.05, 0.1) is 4.47 Å². The van der Waals surface area contributed by atoms with Gasteiger partial charge in [0.15, 0.2) is 0 Å². The molecular formula is C8H9BrN2OS. The van der Waals surface area contributed by atoms with Crippen LogP contribution >= 0.6 is 27.7 Å². The SMILES string of the molecule is CN(C)C(=O)Sc1ncccc1Br. The first kappa shape index (κ1) is 10.5. The molecule has 0 aliphatic heterocycles. The predicted molar refractivity (Wildman–Crippen MR) is 56.9 cm³/mol. The monoisotopic (exact) mass is 260 g/mol. The first-order valence-electron chi connectivity index (χ1n) is 3.61. The van der Waals surface area contributed by atoms with E-state index in [2.05, 4.69) is 20.9 Å². The smallest absolute Gasteiger partial charge is 0.287 e. The number of aromatic nitrogens is 1. The Kier molecular flexibility index (Phi) is 3.74. The van der Waals surface area contributed by atoms with Crippen LogP contribution in [0.5, 0.6) is 0 Å². The summed E-state index contributed by atoms with van der Waals surface area (Å²) in [6.07, 6.45) is 1.66. The molecule has 1 aromatic heterocycles. The van der Waals surface area contributed by atoms with E-state index >= 15 is 0 Å². The van der Waals surface area contributed by atoms with Crippen molar-refractivity contribution in [3.05, 3.63) is 22.8 Å². The van der Waals surface area contributed by atoms with Gasteiger partial charge in [-0.25, -0.2) is 4.98 Å². The fraction of sp³-hybridized carbons (Fsp3) is 0.250. The standard InChI is InChI=1S/C8H9BrN2OS/c1-11(2)8(12)13-7-6(9)4-3-5-10-7/h3-5H,1-2H3. The van der Waals surface area contributed by atoms with E-state index in [4.69, 9.17) is 0 Å². The number of hydrogen-bond donors (Lipinski definition) is 0. The van der Waals surface area contributed by atoms with Crippen LogP contribution in [-0.4, -0.2) is 29.2 Å². The van der Waals surface area contributed by atoms with Crippen LogP contribution in [-0.2, 0) is 0 Å². The molecule has 0 aliphatic carbocycles. The van der Waals surface area contributed by atoms with Gasteiger partial charge >= 0.3 is 0 Å². The summed E-state index contributed by atoms with van der Waals surface area (Å²) in [6, 6.07) is 3.67. The summed E-state index contributed by atoms with van der Waals surface area (Å²) in [5, 5.41) is 0.667. The normalized spacial score (nSPS) is 9.77. The molecule has 70 valence electrons. The first-order chi connectivity index (χ1) is 6.11. The molecule has 0 radical (unpaired) electrons. The summed E-state index contributed by atoms with van der Waals surface area (Å²) < 4.78 is 0.843. The van der Waals surface area contributed by atoms with Crippen molar-refractivity contribution in [2.24, 2.45) is 0 Å². The maximum Gasteiger partial charge on any atom is 0.287 e. The quantitative estimate of drug-likeness (QED) is 0.728. The van der Waals surface area contributed by atoms with E-state index in [1.165, 1.54) is 4.90 Å². The molecular weight excluding hydrogens is 252 g/mol. The second-order valence-corrected chi connectivity index (χ2v) is 4.35. The summed E-state index contributed by atoms with van der Waals surface area (Å²) in [7, 11) is 3.43. The Morgan fingerprint density at radius 1 is 1.62 bits per heavy atom. The largest absolute Gasteiger partial charge is 0.339 e. The van der Waals surface area contributed by atoms with Crippen molar-refractivity contribution in [3.63, 3.8) is 0 Å². The van der Waals surface area contributed by atoms with E-state index in [9.17, 15) is 4.79 Å². The second kappa shape index (κ2) is 4.62. The highest BCUT2D eigenvalue weighted by Crippen LogP contribution is 2.25. The van der Waals surface area contributed by atoms with Crippen LogP contribution in [0.1, 0.15) is 0 Å². The van der Waals surface area contributed by atoms with Gasteiger partial charge in [-0.1, -0.05) is 0 Å². The average Bonchev–Trinajstić information content (AvgIpc) is 2.08. The Hall–Kier alpha value is -0.550. The molecule has 1 rings (SSSR count). The Labute approximate surface area is 89.7 Å². The van der Waals surface area contributed by atoms with E-state index in [1.54, 1.807) is 20.3 Å². The molecule has 0 saturated carbocycles. The van der Waals surface area contributed by atoms with Crippen LogP contribution in [0.4, 0.5) is 4.79 Å². The Bertz CT molecular complexity index is 317. The van der Waals surface area contributed by atoms with Gasteiger partial charge in [-0.3, -0.25) is 4.79 Å². The van der Waals surface area contributed by atoms with E-state index in [1.807, 2.05) is 12.1 Å². The maximum absolute atomic E-state index is 11.3. The van der Waals surface area contributed by atoms with Crippen molar-refractivity contribution in [3.8, 4) is 0 Å². The number of nitrogens with zero attached hydrogens (tertiary/aromatic N) is 2. The van der Waals surface area contributed by atoms with Crippen LogP contribution in [0.2, 0.25) is 0 Å². The highest BCUT2D eigenvalue weighted by Gasteiger charge is 2.09. The zero-order valence-electron chi connectivity index (χ0n) is 7.32. The lowest BCUT2D eigenvalue weighted by Crippen LogP contribution is -2.16. The number of amides is 1. The minimum Gasteiger partial charge on any atom is -0.339 e. The fourth-order valence-electron chi connectivity index (χ4n) is 0.620. The number of carbonyl (C=O) groups excluding carboxylic acids is 1. The average molecular weight is 261 g/mol. The second-order valence-electron chi connectivity index (χ2n) is 2.55. The lowest BCUT2D eigenvalue weighted by atomic mass is 10.5. The number of pyridine rings is 1. The van der Waals surface area contributed by atoms with E-state index in [0.717, 1.165) is 16.2 Å². The molecule has 13 heavy (non-hydrogen) atoms. The Morgan fingerprint density at radius 3 is 2.85 bits per heavy atom. The third-order valence-corrected chi connectivity index (χ3v) is 3.23. The summed E-state index contributed by atoms with van der Waals surface area (Å²) >= 11 is 4.43. The van der Waals surface area contributed by atoms with Crippen molar-refractivity contribution >= 4 is 32.9 Å². The minimum absolute atomic E-state index is 0.0283. The van der Waals surface area contributed by atoms with E-state index in [0.29, 0.717) is 5.03 Å². The van der Waals surface area contributed by atoms with Gasteiger partial charge < -0.3 is 4.90 Å². The molecule has 0 unspecified atom stereocenters. The first-order valence-corrected chi connectivity index (χ1v) is 5.22. The van der Waals surface area contributed by atoms with Crippen molar-refractivity contribution in [1.29, 1.82) is 0 Å². The summed E-state index contributed by atoms with van der Waals surface area (Å²) in [6.45, 7) is 0.